The molecule has 0 saturated heterocycles. The number of amides is 1. The molecule has 182 valence electrons. The van der Waals surface area contributed by atoms with Crippen LogP contribution in [0.5, 0.6) is 17.2 Å². The van der Waals surface area contributed by atoms with E-state index in [1.165, 1.54) is 12.1 Å². The first-order valence-corrected chi connectivity index (χ1v) is 11.0. The van der Waals surface area contributed by atoms with Gasteiger partial charge < -0.3 is 24.2 Å². The van der Waals surface area contributed by atoms with Crippen LogP contribution in [0.2, 0.25) is 0 Å². The zero-order valence-electron chi connectivity index (χ0n) is 19.3. The zero-order chi connectivity index (χ0) is 24.9. The monoisotopic (exact) mass is 481 g/mol. The van der Waals surface area contributed by atoms with E-state index in [0.717, 1.165) is 5.56 Å². The Labute approximate surface area is 202 Å². The summed E-state index contributed by atoms with van der Waals surface area (Å²) in [6.07, 6.45) is 0.435. The van der Waals surface area contributed by atoms with E-state index in [4.69, 9.17) is 9.47 Å². The third kappa shape index (κ3) is 4.91. The van der Waals surface area contributed by atoms with Gasteiger partial charge in [-0.3, -0.25) is 4.79 Å². The van der Waals surface area contributed by atoms with Crippen molar-refractivity contribution in [3.05, 3.63) is 95.2 Å². The van der Waals surface area contributed by atoms with Crippen molar-refractivity contribution in [3.63, 3.8) is 0 Å². The zero-order valence-corrected chi connectivity index (χ0v) is 19.3. The predicted octanol–water partition coefficient (Wildman–Crippen LogP) is 5.40. The molecule has 1 aliphatic heterocycles. The highest BCUT2D eigenvalue weighted by Crippen LogP contribution is 2.43. The van der Waals surface area contributed by atoms with Gasteiger partial charge in [0, 0.05) is 12.1 Å². The van der Waals surface area contributed by atoms with Crippen LogP contribution in [0.3, 0.4) is 0 Å². The average molecular weight is 481 g/mol. The van der Waals surface area contributed by atoms with Crippen molar-refractivity contribution in [2.24, 2.45) is 0 Å². The van der Waals surface area contributed by atoms with Gasteiger partial charge in [0.2, 0.25) is 0 Å². The van der Waals surface area contributed by atoms with Crippen molar-refractivity contribution in [2.45, 2.75) is 19.1 Å². The number of aliphatic hydroxyl groups excluding tert-OH is 1. The van der Waals surface area contributed by atoms with Crippen LogP contribution in [0, 0.1) is 0 Å². The van der Waals surface area contributed by atoms with Crippen molar-refractivity contribution in [1.29, 1.82) is 0 Å². The minimum atomic E-state index is -2.94. The summed E-state index contributed by atoms with van der Waals surface area (Å²) in [6, 6.07) is 20.1. The topological polar surface area (TPSA) is 68.2 Å². The maximum Gasteiger partial charge on any atom is 0.387 e. The lowest BCUT2D eigenvalue weighted by Crippen LogP contribution is -2.32. The Hall–Kier alpha value is -4.07. The minimum absolute atomic E-state index is 0.00945. The summed E-state index contributed by atoms with van der Waals surface area (Å²) < 4.78 is 40.6. The second-order valence-corrected chi connectivity index (χ2v) is 7.88. The molecule has 0 spiro atoms. The van der Waals surface area contributed by atoms with E-state index in [-0.39, 0.29) is 18.1 Å². The van der Waals surface area contributed by atoms with E-state index in [1.807, 2.05) is 42.5 Å². The fraction of sp³-hybridized carbons (Fsp3) is 0.222. The number of nitrogens with zero attached hydrogens (tertiary/aromatic N) is 1. The number of halogens is 2. The Morgan fingerprint density at radius 1 is 0.943 bits per heavy atom. The quantitative estimate of drug-likeness (QED) is 0.443. The van der Waals surface area contributed by atoms with Crippen LogP contribution in [-0.4, -0.2) is 43.3 Å². The van der Waals surface area contributed by atoms with Crippen LogP contribution in [0.15, 0.2) is 78.6 Å². The molecule has 6 nitrogen and oxygen atoms in total. The molecule has 3 aromatic rings. The van der Waals surface area contributed by atoms with E-state index in [9.17, 15) is 18.7 Å². The van der Waals surface area contributed by atoms with Gasteiger partial charge in [-0.05, 0) is 41.3 Å². The molecule has 0 saturated carbocycles. The maximum absolute atomic E-state index is 13.2. The van der Waals surface area contributed by atoms with Crippen molar-refractivity contribution >= 4 is 11.5 Å². The third-order valence-electron chi connectivity index (χ3n) is 5.92. The molecule has 3 aromatic carbocycles. The number of hydrogen-bond donors (Lipinski definition) is 1. The number of hydrogen-bond acceptors (Lipinski definition) is 5. The lowest BCUT2D eigenvalue weighted by Gasteiger charge is -2.28. The molecule has 1 heterocycles. The Morgan fingerprint density at radius 2 is 1.66 bits per heavy atom. The second-order valence-electron chi connectivity index (χ2n) is 7.88. The number of carbonyl (C=O) groups excluding carboxylic acids is 1. The summed E-state index contributed by atoms with van der Waals surface area (Å²) in [4.78, 5) is 14.8. The summed E-state index contributed by atoms with van der Waals surface area (Å²) in [7, 11) is 3.10. The SMILES string of the molecule is COc1cccc(CCN2C(=O)C(O)=C(c3ccccc3)[C@@H]2c2ccc(OC(F)F)cc2)c1OC. The average Bonchev–Trinajstić information content (AvgIpc) is 3.12. The molecular weight excluding hydrogens is 456 g/mol. The number of ether oxygens (including phenoxy) is 3. The van der Waals surface area contributed by atoms with E-state index in [1.54, 1.807) is 37.3 Å². The third-order valence-corrected chi connectivity index (χ3v) is 5.92. The van der Waals surface area contributed by atoms with Crippen LogP contribution in [0.4, 0.5) is 8.78 Å². The number of benzene rings is 3. The van der Waals surface area contributed by atoms with E-state index in [0.29, 0.717) is 34.6 Å². The standard InChI is InChI=1S/C27H25F2NO5/c1-33-21-10-6-9-19(25(21)34-2)15-16-30-23(18-11-13-20(14-12-18)35-27(28)29)22(24(31)26(30)32)17-7-4-3-5-8-17/h3-14,23,27,31H,15-16H2,1-2H3/t23-/m0/s1. The molecule has 1 amide bonds. The Balaban J connectivity index is 1.70. The van der Waals surface area contributed by atoms with Crippen molar-refractivity contribution in [2.75, 3.05) is 20.8 Å². The van der Waals surface area contributed by atoms with Gasteiger partial charge in [0.05, 0.1) is 20.3 Å². The molecule has 0 unspecified atom stereocenters. The molecule has 1 N–H and O–H groups in total. The number of aliphatic hydroxyl groups is 1. The fourth-order valence-corrected chi connectivity index (χ4v) is 4.37. The van der Waals surface area contributed by atoms with E-state index < -0.39 is 18.6 Å². The number of carbonyl (C=O) groups is 1. The number of methoxy groups -OCH3 is 2. The summed E-state index contributed by atoms with van der Waals surface area (Å²) in [6.45, 7) is -2.67. The van der Waals surface area contributed by atoms with Gasteiger partial charge in [-0.15, -0.1) is 0 Å². The molecule has 0 aromatic heterocycles. The van der Waals surface area contributed by atoms with Gasteiger partial charge in [-0.25, -0.2) is 0 Å². The maximum atomic E-state index is 13.2. The second kappa shape index (κ2) is 10.5. The molecule has 0 bridgehead atoms. The number of rotatable bonds is 9. The largest absolute Gasteiger partial charge is 0.503 e. The van der Waals surface area contributed by atoms with Gasteiger partial charge in [0.15, 0.2) is 17.3 Å². The summed E-state index contributed by atoms with van der Waals surface area (Å²) in [5.74, 6) is 0.313. The molecule has 8 heteroatoms. The van der Waals surface area contributed by atoms with Crippen molar-refractivity contribution in [3.8, 4) is 17.2 Å². The van der Waals surface area contributed by atoms with E-state index >= 15 is 0 Å². The van der Waals surface area contributed by atoms with Gasteiger partial charge >= 0.3 is 6.61 Å². The molecule has 0 radical (unpaired) electrons. The highest BCUT2D eigenvalue weighted by atomic mass is 19.3. The molecule has 0 fully saturated rings. The Bertz CT molecular complexity index is 1210. The van der Waals surface area contributed by atoms with Crippen LogP contribution < -0.4 is 14.2 Å². The summed E-state index contributed by atoms with van der Waals surface area (Å²) in [5.41, 5.74) is 2.64. The van der Waals surface area contributed by atoms with Gasteiger partial charge in [0.25, 0.3) is 5.91 Å². The summed E-state index contributed by atoms with van der Waals surface area (Å²) in [5, 5.41) is 10.9. The van der Waals surface area contributed by atoms with Crippen LogP contribution >= 0.6 is 0 Å². The van der Waals surface area contributed by atoms with Crippen molar-refractivity contribution < 1.29 is 32.9 Å². The minimum Gasteiger partial charge on any atom is -0.503 e. The predicted molar refractivity (Wildman–Crippen MR) is 127 cm³/mol. The van der Waals surface area contributed by atoms with Gasteiger partial charge in [0.1, 0.15) is 5.75 Å². The van der Waals surface area contributed by atoms with Crippen LogP contribution in [0.25, 0.3) is 5.57 Å². The first-order chi connectivity index (χ1) is 16.9. The fourth-order valence-electron chi connectivity index (χ4n) is 4.37. The Kier molecular flexibility index (Phi) is 7.19. The highest BCUT2D eigenvalue weighted by molar-refractivity contribution is 6.05. The smallest absolute Gasteiger partial charge is 0.387 e. The Morgan fingerprint density at radius 3 is 2.29 bits per heavy atom. The van der Waals surface area contributed by atoms with Gasteiger partial charge in [-0.2, -0.15) is 8.78 Å². The van der Waals surface area contributed by atoms with Crippen LogP contribution in [-0.2, 0) is 11.2 Å². The molecule has 0 aliphatic carbocycles. The lowest BCUT2D eigenvalue weighted by molar-refractivity contribution is -0.129. The number of alkyl halides is 2. The number of para-hydroxylation sites is 1. The first-order valence-electron chi connectivity index (χ1n) is 11.0. The first kappa shape index (κ1) is 24.1. The molecule has 35 heavy (non-hydrogen) atoms. The summed E-state index contributed by atoms with van der Waals surface area (Å²) >= 11 is 0. The molecule has 4 rings (SSSR count). The lowest BCUT2D eigenvalue weighted by atomic mass is 9.93. The van der Waals surface area contributed by atoms with Crippen molar-refractivity contribution in [1.82, 2.24) is 4.90 Å². The van der Waals surface area contributed by atoms with Crippen LogP contribution in [0.1, 0.15) is 22.7 Å². The van der Waals surface area contributed by atoms with Gasteiger partial charge in [-0.1, -0.05) is 54.6 Å². The highest BCUT2D eigenvalue weighted by Gasteiger charge is 2.40. The molecular formula is C27H25F2NO5. The molecule has 1 atom stereocenters. The normalized spacial score (nSPS) is 15.6. The molecule has 1 aliphatic rings. The van der Waals surface area contributed by atoms with E-state index in [2.05, 4.69) is 4.74 Å².